The molecule has 0 aromatic heterocycles. The van der Waals surface area contributed by atoms with Gasteiger partial charge in [0.25, 0.3) is 0 Å². The largest absolute Gasteiger partial charge is 0.489 e. The molecule has 0 aliphatic carbocycles. The van der Waals surface area contributed by atoms with Crippen LogP contribution in [0.25, 0.3) is 0 Å². The van der Waals surface area contributed by atoms with E-state index in [4.69, 9.17) is 10.5 Å². The molecule has 2 heteroatoms. The van der Waals surface area contributed by atoms with Gasteiger partial charge in [0.1, 0.15) is 12.4 Å². The van der Waals surface area contributed by atoms with E-state index in [-0.39, 0.29) is 0 Å². The van der Waals surface area contributed by atoms with E-state index in [9.17, 15) is 0 Å². The highest BCUT2D eigenvalue weighted by Crippen LogP contribution is 2.17. The summed E-state index contributed by atoms with van der Waals surface area (Å²) in [5, 5.41) is 0. The number of benzene rings is 2. The van der Waals surface area contributed by atoms with Gasteiger partial charge < -0.3 is 10.5 Å². The zero-order chi connectivity index (χ0) is 13.7. The second-order valence-electron chi connectivity index (χ2n) is 4.98. The minimum absolute atomic E-state index is 0.409. The molecule has 0 saturated heterocycles. The zero-order valence-corrected chi connectivity index (χ0v) is 11.6. The van der Waals surface area contributed by atoms with Crippen LogP contribution in [0.5, 0.6) is 5.75 Å². The van der Waals surface area contributed by atoms with Crippen LogP contribution in [-0.2, 0) is 6.61 Å². The highest BCUT2D eigenvalue weighted by molar-refractivity contribution is 5.28. The Bertz CT molecular complexity index is 502. The summed E-state index contributed by atoms with van der Waals surface area (Å²) in [6.07, 6.45) is 0. The van der Waals surface area contributed by atoms with Gasteiger partial charge in [0.2, 0.25) is 0 Å². The van der Waals surface area contributed by atoms with Gasteiger partial charge >= 0.3 is 0 Å². The molecule has 100 valence electrons. The van der Waals surface area contributed by atoms with Gasteiger partial charge in [-0.15, -0.1) is 0 Å². The van der Waals surface area contributed by atoms with Crippen molar-refractivity contribution in [3.63, 3.8) is 0 Å². The Kier molecular flexibility index (Phi) is 4.58. The van der Waals surface area contributed by atoms with Gasteiger partial charge in [-0.05, 0) is 42.6 Å². The van der Waals surface area contributed by atoms with Crippen LogP contribution in [0.15, 0.2) is 48.5 Å². The summed E-state index contributed by atoms with van der Waals surface area (Å²) >= 11 is 0. The Morgan fingerprint density at radius 1 is 1.00 bits per heavy atom. The van der Waals surface area contributed by atoms with Gasteiger partial charge in [-0.1, -0.05) is 48.9 Å². The highest BCUT2D eigenvalue weighted by Gasteiger charge is 2.03. The maximum Gasteiger partial charge on any atom is 0.119 e. The van der Waals surface area contributed by atoms with E-state index in [0.29, 0.717) is 19.1 Å². The second kappa shape index (κ2) is 6.39. The SMILES string of the molecule is Cc1ccc(OCc2ccc(C(C)CN)cc2)cc1. The fourth-order valence-electron chi connectivity index (χ4n) is 1.88. The molecule has 0 radical (unpaired) electrons. The number of hydrogen-bond donors (Lipinski definition) is 1. The summed E-state index contributed by atoms with van der Waals surface area (Å²) in [6, 6.07) is 16.6. The zero-order valence-electron chi connectivity index (χ0n) is 11.6. The van der Waals surface area contributed by atoms with E-state index < -0.39 is 0 Å². The molecule has 1 unspecified atom stereocenters. The summed E-state index contributed by atoms with van der Waals surface area (Å²) < 4.78 is 5.75. The monoisotopic (exact) mass is 255 g/mol. The van der Waals surface area contributed by atoms with E-state index in [1.54, 1.807) is 0 Å². The molecular weight excluding hydrogens is 234 g/mol. The van der Waals surface area contributed by atoms with Gasteiger partial charge in [0, 0.05) is 0 Å². The highest BCUT2D eigenvalue weighted by atomic mass is 16.5. The lowest BCUT2D eigenvalue weighted by Crippen LogP contribution is -2.08. The Balaban J connectivity index is 1.94. The molecule has 2 rings (SSSR count). The topological polar surface area (TPSA) is 35.2 Å². The van der Waals surface area contributed by atoms with Crippen molar-refractivity contribution in [2.45, 2.75) is 26.4 Å². The van der Waals surface area contributed by atoms with Gasteiger partial charge in [0.15, 0.2) is 0 Å². The lowest BCUT2D eigenvalue weighted by molar-refractivity contribution is 0.306. The first-order valence-corrected chi connectivity index (χ1v) is 6.67. The van der Waals surface area contributed by atoms with Crippen LogP contribution in [0, 0.1) is 6.92 Å². The lowest BCUT2D eigenvalue weighted by atomic mass is 10.0. The van der Waals surface area contributed by atoms with Crippen molar-refractivity contribution in [1.82, 2.24) is 0 Å². The fourth-order valence-corrected chi connectivity index (χ4v) is 1.88. The molecule has 0 bridgehead atoms. The number of ether oxygens (including phenoxy) is 1. The Morgan fingerprint density at radius 2 is 1.63 bits per heavy atom. The fraction of sp³-hybridized carbons (Fsp3) is 0.294. The predicted octanol–water partition coefficient (Wildman–Crippen LogP) is 3.64. The first kappa shape index (κ1) is 13.6. The van der Waals surface area contributed by atoms with Crippen molar-refractivity contribution in [3.8, 4) is 5.75 Å². The lowest BCUT2D eigenvalue weighted by Gasteiger charge is -2.10. The molecule has 0 saturated carbocycles. The van der Waals surface area contributed by atoms with Crippen molar-refractivity contribution in [2.75, 3.05) is 6.54 Å². The third-order valence-electron chi connectivity index (χ3n) is 3.33. The summed E-state index contributed by atoms with van der Waals surface area (Å²) in [7, 11) is 0. The summed E-state index contributed by atoms with van der Waals surface area (Å²) in [4.78, 5) is 0. The minimum Gasteiger partial charge on any atom is -0.489 e. The first-order chi connectivity index (χ1) is 9.19. The maximum absolute atomic E-state index is 5.75. The Hall–Kier alpha value is -1.80. The molecule has 1 atom stereocenters. The van der Waals surface area contributed by atoms with Gasteiger partial charge in [0.05, 0.1) is 0 Å². The van der Waals surface area contributed by atoms with Crippen LogP contribution in [0.1, 0.15) is 29.5 Å². The Morgan fingerprint density at radius 3 is 2.21 bits per heavy atom. The number of aryl methyl sites for hydroxylation is 1. The quantitative estimate of drug-likeness (QED) is 0.885. The third-order valence-corrected chi connectivity index (χ3v) is 3.33. The smallest absolute Gasteiger partial charge is 0.119 e. The molecule has 2 nitrogen and oxygen atoms in total. The Labute approximate surface area is 115 Å². The van der Waals surface area contributed by atoms with E-state index >= 15 is 0 Å². The summed E-state index contributed by atoms with van der Waals surface area (Å²) in [5.74, 6) is 1.32. The predicted molar refractivity (Wildman–Crippen MR) is 79.4 cm³/mol. The number of hydrogen-bond acceptors (Lipinski definition) is 2. The third kappa shape index (κ3) is 3.83. The molecule has 0 heterocycles. The average Bonchev–Trinajstić information content (AvgIpc) is 2.46. The van der Waals surface area contributed by atoms with Crippen LogP contribution in [0.3, 0.4) is 0 Å². The molecule has 0 amide bonds. The van der Waals surface area contributed by atoms with E-state index in [2.05, 4.69) is 50.2 Å². The molecule has 19 heavy (non-hydrogen) atoms. The van der Waals surface area contributed by atoms with Crippen LogP contribution in [0.2, 0.25) is 0 Å². The van der Waals surface area contributed by atoms with Crippen molar-refractivity contribution in [1.29, 1.82) is 0 Å². The first-order valence-electron chi connectivity index (χ1n) is 6.67. The van der Waals surface area contributed by atoms with Crippen molar-refractivity contribution < 1.29 is 4.74 Å². The number of rotatable bonds is 5. The van der Waals surface area contributed by atoms with Gasteiger partial charge in [-0.25, -0.2) is 0 Å². The maximum atomic E-state index is 5.75. The summed E-state index contributed by atoms with van der Waals surface area (Å²) in [6.45, 7) is 5.48. The molecule has 0 aliphatic rings. The van der Waals surface area contributed by atoms with E-state index in [1.807, 2.05) is 12.1 Å². The van der Waals surface area contributed by atoms with Crippen molar-refractivity contribution in [3.05, 3.63) is 65.2 Å². The van der Waals surface area contributed by atoms with Crippen molar-refractivity contribution in [2.24, 2.45) is 5.73 Å². The van der Waals surface area contributed by atoms with Crippen molar-refractivity contribution >= 4 is 0 Å². The number of nitrogens with two attached hydrogens (primary N) is 1. The molecule has 2 aromatic rings. The molecule has 2 aromatic carbocycles. The molecule has 0 spiro atoms. The standard InChI is InChI=1S/C17H21NO/c1-13-3-9-17(10-4-13)19-12-15-5-7-16(8-6-15)14(2)11-18/h3-10,14H,11-12,18H2,1-2H3. The van der Waals surface area contributed by atoms with Gasteiger partial charge in [-0.2, -0.15) is 0 Å². The molecule has 0 fully saturated rings. The van der Waals surface area contributed by atoms with Crippen LogP contribution < -0.4 is 10.5 Å². The van der Waals surface area contributed by atoms with Crippen LogP contribution in [-0.4, -0.2) is 6.54 Å². The molecule has 2 N–H and O–H groups in total. The summed E-state index contributed by atoms with van der Waals surface area (Å²) in [5.41, 5.74) is 9.36. The minimum atomic E-state index is 0.409. The van der Waals surface area contributed by atoms with Crippen LogP contribution >= 0.6 is 0 Å². The average molecular weight is 255 g/mol. The van der Waals surface area contributed by atoms with Crippen LogP contribution in [0.4, 0.5) is 0 Å². The molecular formula is C17H21NO. The van der Waals surface area contributed by atoms with Gasteiger partial charge in [-0.3, -0.25) is 0 Å². The van der Waals surface area contributed by atoms with E-state index in [1.165, 1.54) is 16.7 Å². The van der Waals surface area contributed by atoms with E-state index in [0.717, 1.165) is 5.75 Å². The second-order valence-corrected chi connectivity index (χ2v) is 4.98. The molecule has 0 aliphatic heterocycles. The normalized spacial score (nSPS) is 12.2.